The minimum absolute atomic E-state index is 0.136. The second kappa shape index (κ2) is 11.9. The third kappa shape index (κ3) is 5.86. The van der Waals surface area contributed by atoms with E-state index in [0.717, 1.165) is 38.4 Å². The fraction of sp³-hybridized carbons (Fsp3) is 0.133. The lowest BCUT2D eigenvalue weighted by molar-refractivity contribution is -0.115. The molecule has 0 aliphatic carbocycles. The van der Waals surface area contributed by atoms with Crippen LogP contribution in [0.1, 0.15) is 18.9 Å². The lowest BCUT2D eigenvalue weighted by Crippen LogP contribution is -2.12. The third-order valence-corrected chi connectivity index (χ3v) is 7.65. The molecule has 2 heterocycles. The fourth-order valence-electron chi connectivity index (χ4n) is 3.97. The number of ether oxygens (including phenoxy) is 1. The Hall–Kier alpha value is -4.19. The number of nitriles is 1. The molecule has 0 spiro atoms. The molecule has 3 aromatic carbocycles. The topological polar surface area (TPSA) is 87.9 Å². The molecule has 6 nitrogen and oxygen atoms in total. The van der Waals surface area contributed by atoms with Crippen molar-refractivity contribution in [1.82, 2.24) is 9.97 Å². The summed E-state index contributed by atoms with van der Waals surface area (Å²) in [6.07, 6.45) is 0.258. The normalized spacial score (nSPS) is 10.7. The van der Waals surface area contributed by atoms with Gasteiger partial charge in [-0.1, -0.05) is 72.0 Å². The molecule has 0 saturated carbocycles. The summed E-state index contributed by atoms with van der Waals surface area (Å²) < 4.78 is 6.50. The molecule has 8 heteroatoms. The molecule has 1 N–H and O–H groups in total. The number of carbonyl (C=O) groups is 1. The van der Waals surface area contributed by atoms with Crippen molar-refractivity contribution in [2.75, 3.05) is 17.7 Å². The van der Waals surface area contributed by atoms with Gasteiger partial charge in [0.25, 0.3) is 0 Å². The van der Waals surface area contributed by atoms with Crippen molar-refractivity contribution < 1.29 is 9.53 Å². The summed E-state index contributed by atoms with van der Waals surface area (Å²) in [6, 6.07) is 29.7. The first kappa shape index (κ1) is 25.5. The van der Waals surface area contributed by atoms with Crippen molar-refractivity contribution in [3.05, 3.63) is 90.5 Å². The largest absolute Gasteiger partial charge is 0.494 e. The third-order valence-electron chi connectivity index (χ3n) is 5.74. The number of anilines is 1. The molecule has 0 aliphatic rings. The predicted molar refractivity (Wildman–Crippen MR) is 155 cm³/mol. The Kier molecular flexibility index (Phi) is 7.98. The highest BCUT2D eigenvalue weighted by Gasteiger charge is 2.17. The van der Waals surface area contributed by atoms with E-state index in [9.17, 15) is 10.1 Å². The highest BCUT2D eigenvalue weighted by atomic mass is 32.2. The molecule has 38 heavy (non-hydrogen) atoms. The van der Waals surface area contributed by atoms with Gasteiger partial charge < -0.3 is 10.1 Å². The van der Waals surface area contributed by atoms with Crippen LogP contribution >= 0.6 is 23.1 Å². The average molecular weight is 537 g/mol. The van der Waals surface area contributed by atoms with Crippen LogP contribution in [0.4, 0.5) is 5.13 Å². The summed E-state index contributed by atoms with van der Waals surface area (Å²) in [5, 5.41) is 14.1. The van der Waals surface area contributed by atoms with Gasteiger partial charge in [-0.25, -0.2) is 9.97 Å². The number of hydrogen-bond acceptors (Lipinski definition) is 7. The van der Waals surface area contributed by atoms with E-state index >= 15 is 0 Å². The fourth-order valence-corrected chi connectivity index (χ4v) is 5.83. The molecule has 0 aliphatic heterocycles. The molecular formula is C30H24N4O2S2. The maximum Gasteiger partial charge on any atom is 0.226 e. The van der Waals surface area contributed by atoms with Crippen LogP contribution in [-0.2, 0) is 4.79 Å². The second-order valence-electron chi connectivity index (χ2n) is 8.31. The predicted octanol–water partition coefficient (Wildman–Crippen LogP) is 7.42. The maximum atomic E-state index is 12.7. The summed E-state index contributed by atoms with van der Waals surface area (Å²) in [5.74, 6) is 1.12. The van der Waals surface area contributed by atoms with E-state index in [1.165, 1.54) is 23.1 Å². The second-order valence-corrected chi connectivity index (χ2v) is 10.4. The zero-order valence-corrected chi connectivity index (χ0v) is 22.3. The van der Waals surface area contributed by atoms with Crippen molar-refractivity contribution in [3.8, 4) is 34.2 Å². The molecule has 0 radical (unpaired) electrons. The van der Waals surface area contributed by atoms with Gasteiger partial charge in [-0.2, -0.15) is 5.26 Å². The Labute approximate surface area is 229 Å². The molecular weight excluding hydrogens is 512 g/mol. The van der Waals surface area contributed by atoms with Crippen molar-refractivity contribution in [1.29, 1.82) is 5.26 Å². The number of aromatic nitrogens is 2. The molecule has 5 aromatic rings. The quantitative estimate of drug-likeness (QED) is 0.197. The van der Waals surface area contributed by atoms with Crippen LogP contribution in [0.15, 0.2) is 90.0 Å². The number of rotatable bonds is 9. The molecule has 0 fully saturated rings. The van der Waals surface area contributed by atoms with Crippen LogP contribution < -0.4 is 10.1 Å². The van der Waals surface area contributed by atoms with Crippen molar-refractivity contribution in [3.63, 3.8) is 0 Å². The van der Waals surface area contributed by atoms with Crippen molar-refractivity contribution in [2.24, 2.45) is 0 Å². The molecule has 0 saturated heterocycles. The standard InChI is InChI=1S/C30H24N4O2S2/c1-2-36-22-13-14-25-27(17-22)38-30(33-25)34-28(35)15-16-37-29-24(19-31)23(20-9-5-3-6-10-20)18-26(32-29)21-11-7-4-8-12-21/h3-14,17-18H,2,15-16H2,1H3,(H,33,34,35). The number of amides is 1. The molecule has 0 unspecified atom stereocenters. The summed E-state index contributed by atoms with van der Waals surface area (Å²) in [5.41, 5.74) is 4.87. The Balaban J connectivity index is 1.33. The minimum atomic E-state index is -0.136. The number of nitrogens with zero attached hydrogens (tertiary/aromatic N) is 3. The highest BCUT2D eigenvalue weighted by Crippen LogP contribution is 2.34. The number of thioether (sulfide) groups is 1. The van der Waals surface area contributed by atoms with Crippen LogP contribution in [0.2, 0.25) is 0 Å². The summed E-state index contributed by atoms with van der Waals surface area (Å²) >= 11 is 2.83. The Bertz CT molecular complexity index is 1610. The first-order chi connectivity index (χ1) is 18.6. The monoisotopic (exact) mass is 536 g/mol. The zero-order valence-electron chi connectivity index (χ0n) is 20.7. The zero-order chi connectivity index (χ0) is 26.3. The van der Waals surface area contributed by atoms with Crippen LogP contribution in [0, 0.1) is 11.3 Å². The van der Waals surface area contributed by atoms with Crippen molar-refractivity contribution >= 4 is 44.4 Å². The lowest BCUT2D eigenvalue weighted by atomic mass is 9.99. The number of fused-ring (bicyclic) bond motifs is 1. The first-order valence-electron chi connectivity index (χ1n) is 12.2. The summed E-state index contributed by atoms with van der Waals surface area (Å²) in [6.45, 7) is 2.53. The van der Waals surface area contributed by atoms with Gasteiger partial charge in [-0.15, -0.1) is 11.8 Å². The first-order valence-corrected chi connectivity index (χ1v) is 14.0. The molecule has 0 atom stereocenters. The van der Waals surface area contributed by atoms with E-state index < -0.39 is 0 Å². The number of nitrogens with one attached hydrogen (secondary N) is 1. The Morgan fingerprint density at radius 1 is 1.00 bits per heavy atom. The van der Waals surface area contributed by atoms with Gasteiger partial charge in [0, 0.05) is 23.3 Å². The van der Waals surface area contributed by atoms with Crippen LogP contribution in [0.3, 0.4) is 0 Å². The lowest BCUT2D eigenvalue weighted by Gasteiger charge is -2.12. The van der Waals surface area contributed by atoms with Crippen LogP contribution in [0.5, 0.6) is 5.75 Å². The smallest absolute Gasteiger partial charge is 0.226 e. The SMILES string of the molecule is CCOc1ccc2nc(NC(=O)CCSc3nc(-c4ccccc4)cc(-c4ccccc4)c3C#N)sc2c1. The average Bonchev–Trinajstić information content (AvgIpc) is 3.35. The van der Waals surface area contributed by atoms with E-state index in [1.54, 1.807) is 0 Å². The van der Waals surface area contributed by atoms with Crippen LogP contribution in [-0.4, -0.2) is 28.2 Å². The molecule has 0 bridgehead atoms. The Morgan fingerprint density at radius 2 is 1.74 bits per heavy atom. The van der Waals surface area contributed by atoms with E-state index in [-0.39, 0.29) is 12.3 Å². The maximum absolute atomic E-state index is 12.7. The van der Waals surface area contributed by atoms with E-state index in [4.69, 9.17) is 9.72 Å². The summed E-state index contributed by atoms with van der Waals surface area (Å²) in [4.78, 5) is 22.0. The van der Waals surface area contributed by atoms with Gasteiger partial charge in [-0.3, -0.25) is 4.79 Å². The molecule has 2 aromatic heterocycles. The molecule has 188 valence electrons. The highest BCUT2D eigenvalue weighted by molar-refractivity contribution is 7.99. The van der Waals surface area contributed by atoms with Gasteiger partial charge in [-0.05, 0) is 36.8 Å². The van der Waals surface area contributed by atoms with E-state index in [1.807, 2.05) is 91.9 Å². The Morgan fingerprint density at radius 3 is 2.45 bits per heavy atom. The van der Waals surface area contributed by atoms with Gasteiger partial charge >= 0.3 is 0 Å². The van der Waals surface area contributed by atoms with Gasteiger partial charge in [0.05, 0.1) is 28.1 Å². The minimum Gasteiger partial charge on any atom is -0.494 e. The molecule has 5 rings (SSSR count). The van der Waals surface area contributed by atoms with Crippen LogP contribution in [0.25, 0.3) is 32.6 Å². The van der Waals surface area contributed by atoms with Crippen molar-refractivity contribution in [2.45, 2.75) is 18.4 Å². The number of hydrogen-bond donors (Lipinski definition) is 1. The number of thiazole rings is 1. The summed E-state index contributed by atoms with van der Waals surface area (Å²) in [7, 11) is 0. The van der Waals surface area contributed by atoms with Gasteiger partial charge in [0.15, 0.2) is 5.13 Å². The number of pyridine rings is 1. The van der Waals surface area contributed by atoms with Gasteiger partial charge in [0.2, 0.25) is 5.91 Å². The van der Waals surface area contributed by atoms with Gasteiger partial charge in [0.1, 0.15) is 16.8 Å². The van der Waals surface area contributed by atoms with E-state index in [0.29, 0.717) is 28.1 Å². The number of benzene rings is 3. The number of carbonyl (C=O) groups excluding carboxylic acids is 1. The molecule has 1 amide bonds. The van der Waals surface area contributed by atoms with E-state index in [2.05, 4.69) is 16.4 Å².